The van der Waals surface area contributed by atoms with Gasteiger partial charge in [0.15, 0.2) is 11.5 Å². The number of aromatic nitrogens is 4. The van der Waals surface area contributed by atoms with Gasteiger partial charge in [-0.25, -0.2) is 15.0 Å². The fourth-order valence-electron chi connectivity index (χ4n) is 3.82. The van der Waals surface area contributed by atoms with Crippen LogP contribution in [0.15, 0.2) is 36.9 Å². The smallest absolute Gasteiger partial charge is 0.165 e. The molecule has 0 unspecified atom stereocenters. The van der Waals surface area contributed by atoms with Crippen LogP contribution in [0, 0.1) is 6.92 Å². The molecule has 0 amide bonds. The third-order valence-electron chi connectivity index (χ3n) is 5.34. The van der Waals surface area contributed by atoms with Crippen molar-refractivity contribution in [3.05, 3.63) is 42.5 Å². The number of piperazine rings is 1. The number of fused-ring (bicyclic) bond motifs is 1. The maximum Gasteiger partial charge on any atom is 0.165 e. The van der Waals surface area contributed by atoms with Gasteiger partial charge in [0.25, 0.3) is 0 Å². The first-order valence-electron chi connectivity index (χ1n) is 9.63. The minimum absolute atomic E-state index is 0.783. The molecular formula is C20H27N7. The van der Waals surface area contributed by atoms with E-state index >= 15 is 0 Å². The molecule has 4 rings (SSSR count). The van der Waals surface area contributed by atoms with Crippen LogP contribution in [-0.2, 0) is 6.54 Å². The molecule has 27 heavy (non-hydrogen) atoms. The molecule has 7 heteroatoms. The van der Waals surface area contributed by atoms with Crippen molar-refractivity contribution < 1.29 is 0 Å². The molecule has 3 aromatic rings. The van der Waals surface area contributed by atoms with E-state index in [0.717, 1.165) is 62.7 Å². The third-order valence-corrected chi connectivity index (χ3v) is 5.34. The monoisotopic (exact) mass is 365 g/mol. The lowest BCUT2D eigenvalue weighted by Crippen LogP contribution is -2.47. The Morgan fingerprint density at radius 1 is 1.00 bits per heavy atom. The van der Waals surface area contributed by atoms with Crippen molar-refractivity contribution in [2.75, 3.05) is 50.0 Å². The summed E-state index contributed by atoms with van der Waals surface area (Å²) in [6.45, 7) is 8.64. The van der Waals surface area contributed by atoms with E-state index in [4.69, 9.17) is 0 Å². The molecule has 1 saturated heterocycles. The molecule has 0 atom stereocenters. The second kappa shape index (κ2) is 7.92. The molecule has 0 saturated carbocycles. The second-order valence-corrected chi connectivity index (χ2v) is 7.05. The van der Waals surface area contributed by atoms with E-state index in [2.05, 4.69) is 65.8 Å². The number of nitrogens with one attached hydrogen (secondary N) is 1. The van der Waals surface area contributed by atoms with Crippen molar-refractivity contribution in [1.82, 2.24) is 24.4 Å². The van der Waals surface area contributed by atoms with Crippen molar-refractivity contribution in [3.8, 4) is 0 Å². The maximum absolute atomic E-state index is 4.46. The number of hydrogen-bond acceptors (Lipinski definition) is 6. The highest BCUT2D eigenvalue weighted by atomic mass is 15.3. The Labute approximate surface area is 160 Å². The number of imidazole rings is 1. The SMILES string of the molecule is CNc1ncnc2c1ncn2CCCN1CCN(c2ccccc2C)CC1. The average molecular weight is 365 g/mol. The van der Waals surface area contributed by atoms with Gasteiger partial charge in [-0.15, -0.1) is 0 Å². The zero-order chi connectivity index (χ0) is 18.6. The Kier molecular flexibility index (Phi) is 5.20. The summed E-state index contributed by atoms with van der Waals surface area (Å²) < 4.78 is 2.13. The number of anilines is 2. The average Bonchev–Trinajstić information content (AvgIpc) is 3.12. The van der Waals surface area contributed by atoms with Crippen LogP contribution in [-0.4, -0.2) is 64.2 Å². The van der Waals surface area contributed by atoms with Crippen LogP contribution in [0.2, 0.25) is 0 Å². The molecule has 1 fully saturated rings. The van der Waals surface area contributed by atoms with Crippen molar-refractivity contribution in [1.29, 1.82) is 0 Å². The quantitative estimate of drug-likeness (QED) is 0.724. The molecule has 0 radical (unpaired) electrons. The molecule has 1 N–H and O–H groups in total. The summed E-state index contributed by atoms with van der Waals surface area (Å²) in [4.78, 5) is 18.1. The molecule has 1 aliphatic heterocycles. The Balaban J connectivity index is 1.29. The number of nitrogens with zero attached hydrogens (tertiary/aromatic N) is 6. The van der Waals surface area contributed by atoms with Gasteiger partial charge >= 0.3 is 0 Å². The minimum atomic E-state index is 0.783. The largest absolute Gasteiger partial charge is 0.371 e. The van der Waals surface area contributed by atoms with Crippen LogP contribution < -0.4 is 10.2 Å². The molecule has 3 heterocycles. The van der Waals surface area contributed by atoms with Gasteiger partial charge in [0.1, 0.15) is 11.8 Å². The predicted octanol–water partition coefficient (Wildman–Crippen LogP) is 2.39. The van der Waals surface area contributed by atoms with E-state index in [-0.39, 0.29) is 0 Å². The Bertz CT molecular complexity index is 896. The van der Waals surface area contributed by atoms with Crippen LogP contribution in [0.3, 0.4) is 0 Å². The summed E-state index contributed by atoms with van der Waals surface area (Å²) in [7, 11) is 1.86. The van der Waals surface area contributed by atoms with E-state index in [1.54, 1.807) is 6.33 Å². The van der Waals surface area contributed by atoms with E-state index in [1.165, 1.54) is 11.3 Å². The van der Waals surface area contributed by atoms with Crippen molar-refractivity contribution in [2.45, 2.75) is 19.9 Å². The van der Waals surface area contributed by atoms with Gasteiger partial charge in [-0.2, -0.15) is 0 Å². The highest BCUT2D eigenvalue weighted by Crippen LogP contribution is 2.21. The first-order valence-corrected chi connectivity index (χ1v) is 9.63. The van der Waals surface area contributed by atoms with Crippen molar-refractivity contribution in [2.24, 2.45) is 0 Å². The Hall–Kier alpha value is -2.67. The summed E-state index contributed by atoms with van der Waals surface area (Å²) in [6, 6.07) is 8.67. The van der Waals surface area contributed by atoms with E-state index in [1.807, 2.05) is 13.4 Å². The molecule has 1 aliphatic rings. The molecule has 142 valence electrons. The third kappa shape index (κ3) is 3.73. The number of rotatable bonds is 6. The summed E-state index contributed by atoms with van der Waals surface area (Å²) >= 11 is 0. The van der Waals surface area contributed by atoms with Gasteiger partial charge in [0.05, 0.1) is 6.33 Å². The first kappa shape index (κ1) is 17.7. The van der Waals surface area contributed by atoms with E-state index < -0.39 is 0 Å². The van der Waals surface area contributed by atoms with E-state index in [9.17, 15) is 0 Å². The number of hydrogen-bond donors (Lipinski definition) is 1. The topological polar surface area (TPSA) is 62.1 Å². The fourth-order valence-corrected chi connectivity index (χ4v) is 3.82. The van der Waals surface area contributed by atoms with E-state index in [0.29, 0.717) is 0 Å². The number of para-hydroxylation sites is 1. The lowest BCUT2D eigenvalue weighted by molar-refractivity contribution is 0.250. The van der Waals surface area contributed by atoms with Gasteiger partial charge in [-0.1, -0.05) is 18.2 Å². The van der Waals surface area contributed by atoms with Crippen molar-refractivity contribution in [3.63, 3.8) is 0 Å². The normalized spacial score (nSPS) is 15.4. The molecule has 2 aromatic heterocycles. The number of benzene rings is 1. The van der Waals surface area contributed by atoms with Crippen LogP contribution in [0.5, 0.6) is 0 Å². The van der Waals surface area contributed by atoms with Crippen molar-refractivity contribution >= 4 is 22.7 Å². The molecule has 0 bridgehead atoms. The zero-order valence-corrected chi connectivity index (χ0v) is 16.1. The van der Waals surface area contributed by atoms with Crippen LogP contribution in [0.1, 0.15) is 12.0 Å². The molecule has 0 aliphatic carbocycles. The van der Waals surface area contributed by atoms with Crippen LogP contribution in [0.25, 0.3) is 11.2 Å². The summed E-state index contributed by atoms with van der Waals surface area (Å²) in [5, 5.41) is 3.07. The Morgan fingerprint density at radius 3 is 2.59 bits per heavy atom. The maximum atomic E-state index is 4.46. The molecule has 7 nitrogen and oxygen atoms in total. The van der Waals surface area contributed by atoms with Gasteiger partial charge < -0.3 is 14.8 Å². The highest BCUT2D eigenvalue weighted by molar-refractivity contribution is 5.82. The molecule has 1 aromatic carbocycles. The van der Waals surface area contributed by atoms with Gasteiger partial charge in [-0.3, -0.25) is 4.90 Å². The van der Waals surface area contributed by atoms with Gasteiger partial charge in [-0.05, 0) is 31.5 Å². The molecular weight excluding hydrogens is 338 g/mol. The Morgan fingerprint density at radius 2 is 1.81 bits per heavy atom. The minimum Gasteiger partial charge on any atom is -0.371 e. The van der Waals surface area contributed by atoms with Gasteiger partial charge in [0.2, 0.25) is 0 Å². The highest BCUT2D eigenvalue weighted by Gasteiger charge is 2.18. The standard InChI is InChI=1S/C20H27N7/c1-16-6-3-4-7-17(16)26-12-10-25(11-13-26)8-5-9-27-15-24-18-19(21-2)22-14-23-20(18)27/h3-4,6-7,14-15H,5,8-13H2,1-2H3,(H,21,22,23). The van der Waals surface area contributed by atoms with Gasteiger partial charge in [0, 0.05) is 45.5 Å². The summed E-state index contributed by atoms with van der Waals surface area (Å²) in [5.74, 6) is 0.783. The lowest BCUT2D eigenvalue weighted by atomic mass is 10.1. The summed E-state index contributed by atoms with van der Waals surface area (Å²) in [6.07, 6.45) is 4.56. The molecule has 0 spiro atoms. The fraction of sp³-hybridized carbons (Fsp3) is 0.450. The number of aryl methyl sites for hydroxylation is 2. The van der Waals surface area contributed by atoms with Crippen LogP contribution in [0.4, 0.5) is 11.5 Å². The lowest BCUT2D eigenvalue weighted by Gasteiger charge is -2.36. The first-order chi connectivity index (χ1) is 13.3. The zero-order valence-electron chi connectivity index (χ0n) is 16.1. The second-order valence-electron chi connectivity index (χ2n) is 7.05. The summed E-state index contributed by atoms with van der Waals surface area (Å²) in [5.41, 5.74) is 4.48. The van der Waals surface area contributed by atoms with Crippen LogP contribution >= 0.6 is 0 Å². The predicted molar refractivity (Wildman–Crippen MR) is 109 cm³/mol.